The van der Waals surface area contributed by atoms with Crippen LogP contribution in [0, 0.1) is 0 Å². The van der Waals surface area contributed by atoms with E-state index in [2.05, 4.69) is 0 Å². The Balaban J connectivity index is 2.16. The molecule has 2 rings (SSSR count). The molecule has 0 bridgehead atoms. The highest BCUT2D eigenvalue weighted by molar-refractivity contribution is 6.01. The van der Waals surface area contributed by atoms with Crippen LogP contribution in [-0.4, -0.2) is 42.2 Å². The smallest absolute Gasteiger partial charge is 0.257 e. The number of carbonyl (C=O) groups is 1. The van der Waals surface area contributed by atoms with E-state index in [1.165, 1.54) is 0 Å². The van der Waals surface area contributed by atoms with Crippen LogP contribution in [0.1, 0.15) is 24.2 Å². The summed E-state index contributed by atoms with van der Waals surface area (Å²) >= 11 is 0. The minimum Gasteiger partial charge on any atom is -0.507 e. The highest BCUT2D eigenvalue weighted by Gasteiger charge is 2.16. The maximum atomic E-state index is 12.4. The maximum Gasteiger partial charge on any atom is 0.257 e. The molecule has 1 N–H and O–H groups in total. The second-order valence-corrected chi connectivity index (χ2v) is 5.36. The Morgan fingerprint density at radius 2 is 1.86 bits per heavy atom. The van der Waals surface area contributed by atoms with E-state index >= 15 is 0 Å². The molecular formula is C17H21NO3. The van der Waals surface area contributed by atoms with Gasteiger partial charge in [0.15, 0.2) is 0 Å². The van der Waals surface area contributed by atoms with Crippen LogP contribution in [0.5, 0.6) is 5.75 Å². The molecule has 4 heteroatoms. The Kier molecular flexibility index (Phi) is 4.81. The van der Waals surface area contributed by atoms with E-state index in [-0.39, 0.29) is 17.8 Å². The fraction of sp³-hybridized carbons (Fsp3) is 0.353. The summed E-state index contributed by atoms with van der Waals surface area (Å²) in [5.74, 6) is -0.194. The average Bonchev–Trinajstić information content (AvgIpc) is 2.45. The predicted octanol–water partition coefficient (Wildman–Crippen LogP) is 3.04. The average molecular weight is 287 g/mol. The summed E-state index contributed by atoms with van der Waals surface area (Å²) in [6.07, 6.45) is 0.141. The minimum absolute atomic E-state index is 0.00956. The lowest BCUT2D eigenvalue weighted by Crippen LogP contribution is -2.30. The molecule has 0 heterocycles. The number of aromatic hydroxyl groups is 1. The first-order valence-electron chi connectivity index (χ1n) is 7.08. The molecule has 0 aliphatic carbocycles. The highest BCUT2D eigenvalue weighted by Crippen LogP contribution is 2.25. The number of fused-ring (bicyclic) bond motifs is 1. The molecule has 0 aromatic heterocycles. The van der Waals surface area contributed by atoms with Crippen molar-refractivity contribution < 1.29 is 14.6 Å². The summed E-state index contributed by atoms with van der Waals surface area (Å²) in [6.45, 7) is 4.88. The van der Waals surface area contributed by atoms with E-state index in [0.717, 1.165) is 10.8 Å². The zero-order valence-electron chi connectivity index (χ0n) is 12.7. The third-order valence-corrected chi connectivity index (χ3v) is 3.32. The molecule has 0 fully saturated rings. The normalized spacial score (nSPS) is 11.0. The molecule has 21 heavy (non-hydrogen) atoms. The van der Waals surface area contributed by atoms with Crippen LogP contribution in [0.25, 0.3) is 10.8 Å². The molecule has 112 valence electrons. The van der Waals surface area contributed by atoms with Gasteiger partial charge in [-0.05, 0) is 36.8 Å². The number of nitrogens with zero attached hydrogens (tertiary/aromatic N) is 1. The van der Waals surface area contributed by atoms with Crippen LogP contribution in [0.4, 0.5) is 0 Å². The third kappa shape index (κ3) is 3.73. The van der Waals surface area contributed by atoms with Crippen molar-refractivity contribution in [2.45, 2.75) is 20.0 Å². The molecular weight excluding hydrogens is 266 g/mol. The van der Waals surface area contributed by atoms with Crippen LogP contribution in [0.2, 0.25) is 0 Å². The number of ether oxygens (including phenoxy) is 1. The van der Waals surface area contributed by atoms with E-state index in [0.29, 0.717) is 18.7 Å². The molecule has 0 aliphatic heterocycles. The molecule has 0 unspecified atom stereocenters. The van der Waals surface area contributed by atoms with Crippen LogP contribution in [-0.2, 0) is 4.74 Å². The van der Waals surface area contributed by atoms with Crippen molar-refractivity contribution in [2.75, 3.05) is 20.2 Å². The lowest BCUT2D eigenvalue weighted by Gasteiger charge is -2.19. The van der Waals surface area contributed by atoms with Crippen molar-refractivity contribution in [1.82, 2.24) is 4.90 Å². The predicted molar refractivity (Wildman–Crippen MR) is 83.7 cm³/mol. The van der Waals surface area contributed by atoms with Gasteiger partial charge in [0.2, 0.25) is 0 Å². The number of hydrogen-bond donors (Lipinski definition) is 1. The van der Waals surface area contributed by atoms with E-state index in [4.69, 9.17) is 4.74 Å². The first-order valence-corrected chi connectivity index (χ1v) is 7.08. The number of carbonyl (C=O) groups excluding carboxylic acids is 1. The highest BCUT2D eigenvalue weighted by atomic mass is 16.5. The van der Waals surface area contributed by atoms with Crippen molar-refractivity contribution >= 4 is 16.7 Å². The first kappa shape index (κ1) is 15.3. The molecule has 0 atom stereocenters. The van der Waals surface area contributed by atoms with Gasteiger partial charge in [-0.15, -0.1) is 0 Å². The Labute approximate surface area is 124 Å². The Morgan fingerprint density at radius 3 is 2.48 bits per heavy atom. The third-order valence-electron chi connectivity index (χ3n) is 3.32. The monoisotopic (exact) mass is 287 g/mol. The van der Waals surface area contributed by atoms with Crippen molar-refractivity contribution in [3.05, 3.63) is 42.0 Å². The van der Waals surface area contributed by atoms with Gasteiger partial charge in [-0.2, -0.15) is 0 Å². The van der Waals surface area contributed by atoms with Crippen molar-refractivity contribution in [1.29, 1.82) is 0 Å². The fourth-order valence-electron chi connectivity index (χ4n) is 2.13. The zero-order valence-corrected chi connectivity index (χ0v) is 12.7. The Bertz CT molecular complexity index is 637. The summed E-state index contributed by atoms with van der Waals surface area (Å²) in [7, 11) is 1.71. The lowest BCUT2D eigenvalue weighted by molar-refractivity contribution is 0.0530. The molecule has 0 saturated carbocycles. The van der Waals surface area contributed by atoms with Gasteiger partial charge in [0.05, 0.1) is 18.3 Å². The van der Waals surface area contributed by atoms with Gasteiger partial charge in [-0.3, -0.25) is 4.79 Å². The molecule has 0 radical (unpaired) electrons. The lowest BCUT2D eigenvalue weighted by atomic mass is 10.1. The second kappa shape index (κ2) is 6.59. The molecule has 0 saturated heterocycles. The Hall–Kier alpha value is -2.07. The van der Waals surface area contributed by atoms with Crippen LogP contribution in [0.3, 0.4) is 0 Å². The number of hydrogen-bond acceptors (Lipinski definition) is 3. The maximum absolute atomic E-state index is 12.4. The van der Waals surface area contributed by atoms with Gasteiger partial charge >= 0.3 is 0 Å². The summed E-state index contributed by atoms with van der Waals surface area (Å²) in [5, 5.41) is 11.9. The number of phenols is 1. The SMILES string of the molecule is CC(C)OCCN(C)C(=O)c1cc2ccccc2cc1O. The molecule has 2 aromatic rings. The molecule has 0 spiro atoms. The van der Waals surface area contributed by atoms with Crippen molar-refractivity contribution in [3.63, 3.8) is 0 Å². The summed E-state index contributed by atoms with van der Waals surface area (Å²) in [5.41, 5.74) is 0.320. The van der Waals surface area contributed by atoms with E-state index < -0.39 is 0 Å². The van der Waals surface area contributed by atoms with Crippen molar-refractivity contribution in [2.24, 2.45) is 0 Å². The summed E-state index contributed by atoms with van der Waals surface area (Å²) < 4.78 is 5.44. The first-order chi connectivity index (χ1) is 9.99. The topological polar surface area (TPSA) is 49.8 Å². The largest absolute Gasteiger partial charge is 0.507 e. The molecule has 2 aromatic carbocycles. The standard InChI is InChI=1S/C17H21NO3/c1-12(2)21-9-8-18(3)17(20)15-10-13-6-4-5-7-14(13)11-16(15)19/h4-7,10-12,19H,8-9H2,1-3H3. The van der Waals surface area contributed by atoms with Crippen LogP contribution >= 0.6 is 0 Å². The molecule has 4 nitrogen and oxygen atoms in total. The second-order valence-electron chi connectivity index (χ2n) is 5.36. The Morgan fingerprint density at radius 1 is 1.24 bits per heavy atom. The number of likely N-dealkylation sites (N-methyl/N-ethyl adjacent to an activating group) is 1. The number of phenolic OH excluding ortho intramolecular Hbond substituents is 1. The van der Waals surface area contributed by atoms with Gasteiger partial charge in [0, 0.05) is 13.6 Å². The van der Waals surface area contributed by atoms with Gasteiger partial charge in [-0.1, -0.05) is 24.3 Å². The number of amides is 1. The quantitative estimate of drug-likeness (QED) is 0.919. The minimum atomic E-state index is -0.203. The van der Waals surface area contributed by atoms with Crippen LogP contribution in [0.15, 0.2) is 36.4 Å². The van der Waals surface area contributed by atoms with E-state index in [1.54, 1.807) is 24.1 Å². The zero-order chi connectivity index (χ0) is 15.4. The van der Waals surface area contributed by atoms with Gasteiger partial charge in [0.25, 0.3) is 5.91 Å². The van der Waals surface area contributed by atoms with Gasteiger partial charge < -0.3 is 14.7 Å². The van der Waals surface area contributed by atoms with Gasteiger partial charge in [0.1, 0.15) is 5.75 Å². The number of benzene rings is 2. The molecule has 0 aliphatic rings. The molecule has 1 amide bonds. The van der Waals surface area contributed by atoms with Crippen molar-refractivity contribution in [3.8, 4) is 5.75 Å². The fourth-order valence-corrected chi connectivity index (χ4v) is 2.13. The van der Waals surface area contributed by atoms with Gasteiger partial charge in [-0.25, -0.2) is 0 Å². The number of rotatable bonds is 5. The van der Waals surface area contributed by atoms with E-state index in [1.807, 2.05) is 38.1 Å². The van der Waals surface area contributed by atoms with E-state index in [9.17, 15) is 9.90 Å². The van der Waals surface area contributed by atoms with Crippen LogP contribution < -0.4 is 0 Å². The summed E-state index contributed by atoms with van der Waals surface area (Å²) in [6, 6.07) is 11.0. The summed E-state index contributed by atoms with van der Waals surface area (Å²) in [4.78, 5) is 14.0.